The highest BCUT2D eigenvalue weighted by molar-refractivity contribution is 5.91. The van der Waals surface area contributed by atoms with Gasteiger partial charge in [0, 0.05) is 17.4 Å². The number of pyridine rings is 1. The number of hydrogen-bond donors (Lipinski definition) is 1. The van der Waals surface area contributed by atoms with Crippen LogP contribution < -0.4 is 21.3 Å². The molecule has 1 N–H and O–H groups in total. The number of methoxy groups -OCH3 is 1. The van der Waals surface area contributed by atoms with Gasteiger partial charge in [0.2, 0.25) is 5.91 Å². The topological polar surface area (TPSA) is 95.2 Å². The lowest BCUT2D eigenvalue weighted by Crippen LogP contribution is -2.42. The van der Waals surface area contributed by atoms with Gasteiger partial charge in [0.15, 0.2) is 0 Å². The van der Waals surface area contributed by atoms with Crippen LogP contribution in [-0.2, 0) is 17.9 Å². The molecule has 0 aliphatic heterocycles. The lowest BCUT2D eigenvalue weighted by atomic mass is 10.2. The van der Waals surface area contributed by atoms with Gasteiger partial charge in [0.05, 0.1) is 19.0 Å². The third kappa shape index (κ3) is 4.15. The molecule has 0 aliphatic rings. The average molecular weight is 430 g/mol. The van der Waals surface area contributed by atoms with E-state index in [0.717, 1.165) is 10.1 Å². The van der Waals surface area contributed by atoms with Crippen LogP contribution in [0.2, 0.25) is 0 Å². The number of aryl methyl sites for hydroxylation is 1. The molecule has 4 rings (SSSR count). The van der Waals surface area contributed by atoms with Gasteiger partial charge in [-0.2, -0.15) is 0 Å². The smallest absolute Gasteiger partial charge is 0.333 e. The number of ether oxygens (including phenoxy) is 1. The molecule has 4 aromatic rings. The van der Waals surface area contributed by atoms with Crippen molar-refractivity contribution in [3.05, 3.63) is 98.8 Å². The molecule has 32 heavy (non-hydrogen) atoms. The average Bonchev–Trinajstić information content (AvgIpc) is 2.79. The fourth-order valence-corrected chi connectivity index (χ4v) is 3.60. The first-order chi connectivity index (χ1) is 15.5. The van der Waals surface area contributed by atoms with E-state index in [4.69, 9.17) is 4.74 Å². The van der Waals surface area contributed by atoms with Gasteiger partial charge >= 0.3 is 5.69 Å². The largest absolute Gasteiger partial charge is 0.496 e. The van der Waals surface area contributed by atoms with Crippen LogP contribution in [0.3, 0.4) is 0 Å². The zero-order chi connectivity index (χ0) is 22.7. The van der Waals surface area contributed by atoms with Gasteiger partial charge in [0.25, 0.3) is 5.56 Å². The summed E-state index contributed by atoms with van der Waals surface area (Å²) in [5.41, 5.74) is 1.37. The minimum atomic E-state index is -0.619. The van der Waals surface area contributed by atoms with Crippen LogP contribution in [0, 0.1) is 6.92 Å². The number of anilines is 1. The fraction of sp³-hybridized carbons (Fsp3) is 0.167. The van der Waals surface area contributed by atoms with Crippen molar-refractivity contribution in [1.82, 2.24) is 14.1 Å². The quantitative estimate of drug-likeness (QED) is 0.507. The zero-order valence-corrected chi connectivity index (χ0v) is 17.7. The molecule has 8 nitrogen and oxygen atoms in total. The fourth-order valence-electron chi connectivity index (χ4n) is 3.60. The second-order valence-corrected chi connectivity index (χ2v) is 7.36. The molecule has 0 spiro atoms. The van der Waals surface area contributed by atoms with Crippen LogP contribution in [-0.4, -0.2) is 27.1 Å². The molecule has 1 amide bonds. The van der Waals surface area contributed by atoms with Crippen molar-refractivity contribution in [2.45, 2.75) is 20.0 Å². The van der Waals surface area contributed by atoms with Crippen LogP contribution >= 0.6 is 0 Å². The second-order valence-electron chi connectivity index (χ2n) is 7.36. The Balaban J connectivity index is 1.77. The highest BCUT2D eigenvalue weighted by Crippen LogP contribution is 2.18. The summed E-state index contributed by atoms with van der Waals surface area (Å²) in [4.78, 5) is 43.3. The van der Waals surface area contributed by atoms with Gasteiger partial charge in [-0.15, -0.1) is 0 Å². The van der Waals surface area contributed by atoms with Gasteiger partial charge in [0.1, 0.15) is 17.9 Å². The predicted octanol–water partition coefficient (Wildman–Crippen LogP) is 2.56. The summed E-state index contributed by atoms with van der Waals surface area (Å²) in [5.74, 6) is 0.168. The Morgan fingerprint density at radius 1 is 1.03 bits per heavy atom. The van der Waals surface area contributed by atoms with E-state index in [-0.39, 0.29) is 24.1 Å². The van der Waals surface area contributed by atoms with Crippen molar-refractivity contribution in [1.29, 1.82) is 0 Å². The van der Waals surface area contributed by atoms with Crippen molar-refractivity contribution >= 4 is 22.6 Å². The van der Waals surface area contributed by atoms with Gasteiger partial charge in [-0.1, -0.05) is 30.3 Å². The molecule has 0 fully saturated rings. The zero-order valence-electron chi connectivity index (χ0n) is 17.7. The minimum absolute atomic E-state index is 0.00597. The number of para-hydroxylation sites is 1. The second kappa shape index (κ2) is 8.89. The number of hydrogen-bond acceptors (Lipinski definition) is 5. The maximum absolute atomic E-state index is 13.3. The highest BCUT2D eigenvalue weighted by Gasteiger charge is 2.17. The molecular weight excluding hydrogens is 408 g/mol. The van der Waals surface area contributed by atoms with Crippen LogP contribution in [0.4, 0.5) is 5.69 Å². The number of amides is 1. The Morgan fingerprint density at radius 3 is 2.62 bits per heavy atom. The Hall–Kier alpha value is -4.20. The molecule has 8 heteroatoms. The van der Waals surface area contributed by atoms with Gasteiger partial charge in [-0.3, -0.25) is 18.7 Å². The molecule has 0 saturated carbocycles. The Labute approximate surface area is 183 Å². The van der Waals surface area contributed by atoms with Crippen molar-refractivity contribution in [2.75, 3.05) is 12.4 Å². The SMILES string of the molecule is COc1ccccc1Cn1c(=O)c2cccnc2n(CC(=O)Nc2cccc(C)c2)c1=O. The standard InChI is InChI=1S/C24H22N4O4/c1-16-7-5-9-18(13-16)26-21(29)15-27-22-19(10-6-12-25-22)23(30)28(24(27)31)14-17-8-3-4-11-20(17)32-2/h3-13H,14-15H2,1-2H3,(H,26,29). The summed E-state index contributed by atoms with van der Waals surface area (Å²) in [6.07, 6.45) is 1.49. The van der Waals surface area contributed by atoms with E-state index in [2.05, 4.69) is 10.3 Å². The number of nitrogens with zero attached hydrogens (tertiary/aromatic N) is 3. The maximum atomic E-state index is 13.3. The summed E-state index contributed by atoms with van der Waals surface area (Å²) in [7, 11) is 1.53. The van der Waals surface area contributed by atoms with Crippen molar-refractivity contribution < 1.29 is 9.53 Å². The first-order valence-electron chi connectivity index (χ1n) is 10.0. The summed E-state index contributed by atoms with van der Waals surface area (Å²) < 4.78 is 7.67. The van der Waals surface area contributed by atoms with Gasteiger partial charge < -0.3 is 10.1 Å². The van der Waals surface area contributed by atoms with Crippen LogP contribution in [0.15, 0.2) is 76.4 Å². The van der Waals surface area contributed by atoms with Gasteiger partial charge in [-0.25, -0.2) is 9.78 Å². The number of rotatable bonds is 6. The summed E-state index contributed by atoms with van der Waals surface area (Å²) in [6.45, 7) is 1.64. The van der Waals surface area contributed by atoms with Crippen molar-refractivity contribution in [3.63, 3.8) is 0 Å². The molecule has 0 unspecified atom stereocenters. The van der Waals surface area contributed by atoms with Crippen LogP contribution in [0.1, 0.15) is 11.1 Å². The molecule has 0 bridgehead atoms. The Kier molecular flexibility index (Phi) is 5.85. The van der Waals surface area contributed by atoms with E-state index in [0.29, 0.717) is 17.0 Å². The number of carbonyl (C=O) groups excluding carboxylic acids is 1. The van der Waals surface area contributed by atoms with E-state index in [1.165, 1.54) is 17.9 Å². The van der Waals surface area contributed by atoms with E-state index < -0.39 is 17.2 Å². The van der Waals surface area contributed by atoms with Crippen molar-refractivity contribution in [3.8, 4) is 5.75 Å². The number of carbonyl (C=O) groups is 1. The highest BCUT2D eigenvalue weighted by atomic mass is 16.5. The molecule has 2 aromatic carbocycles. The predicted molar refractivity (Wildman–Crippen MR) is 122 cm³/mol. The summed E-state index contributed by atoms with van der Waals surface area (Å²) in [5, 5.41) is 3.05. The van der Waals surface area contributed by atoms with Crippen LogP contribution in [0.25, 0.3) is 11.0 Å². The molecule has 2 heterocycles. The third-order valence-electron chi connectivity index (χ3n) is 5.10. The summed E-state index contributed by atoms with van der Waals surface area (Å²) in [6, 6.07) is 17.7. The Morgan fingerprint density at radius 2 is 1.84 bits per heavy atom. The number of aromatic nitrogens is 3. The molecule has 0 radical (unpaired) electrons. The molecule has 0 saturated heterocycles. The van der Waals surface area contributed by atoms with E-state index in [1.54, 1.807) is 36.4 Å². The van der Waals surface area contributed by atoms with Crippen LogP contribution in [0.5, 0.6) is 5.75 Å². The monoisotopic (exact) mass is 430 g/mol. The summed E-state index contributed by atoms with van der Waals surface area (Å²) >= 11 is 0. The molecule has 0 atom stereocenters. The lowest BCUT2D eigenvalue weighted by Gasteiger charge is -2.14. The molecule has 2 aromatic heterocycles. The lowest BCUT2D eigenvalue weighted by molar-refractivity contribution is -0.116. The van der Waals surface area contributed by atoms with E-state index in [9.17, 15) is 14.4 Å². The first-order valence-corrected chi connectivity index (χ1v) is 10.0. The van der Waals surface area contributed by atoms with Crippen molar-refractivity contribution in [2.24, 2.45) is 0 Å². The Bertz CT molecular complexity index is 1420. The maximum Gasteiger partial charge on any atom is 0.333 e. The molecule has 0 aliphatic carbocycles. The number of fused-ring (bicyclic) bond motifs is 1. The minimum Gasteiger partial charge on any atom is -0.496 e. The molecular formula is C24H22N4O4. The van der Waals surface area contributed by atoms with E-state index in [1.807, 2.05) is 31.2 Å². The number of nitrogens with one attached hydrogen (secondary N) is 1. The van der Waals surface area contributed by atoms with E-state index >= 15 is 0 Å². The number of benzene rings is 2. The molecule has 162 valence electrons. The van der Waals surface area contributed by atoms with Gasteiger partial charge in [-0.05, 0) is 42.8 Å². The normalized spacial score (nSPS) is 10.8. The first kappa shape index (κ1) is 21.0. The third-order valence-corrected chi connectivity index (χ3v) is 5.10.